The Morgan fingerprint density at radius 1 is 1.43 bits per heavy atom. The summed E-state index contributed by atoms with van der Waals surface area (Å²) in [6, 6.07) is 5.30. The SMILES string of the molecule is C=CCS(=O)(=O)C(C)C(=O)NCc1ccc2c(c1)OCO2. The smallest absolute Gasteiger partial charge is 0.238 e. The summed E-state index contributed by atoms with van der Waals surface area (Å²) in [5.41, 5.74) is 0.806. The van der Waals surface area contributed by atoms with Crippen molar-refractivity contribution in [1.82, 2.24) is 5.32 Å². The van der Waals surface area contributed by atoms with E-state index in [2.05, 4.69) is 11.9 Å². The maximum atomic E-state index is 11.9. The highest BCUT2D eigenvalue weighted by molar-refractivity contribution is 7.92. The molecule has 1 unspecified atom stereocenters. The van der Waals surface area contributed by atoms with E-state index >= 15 is 0 Å². The minimum absolute atomic E-state index is 0.183. The molecule has 0 saturated carbocycles. The molecule has 2 rings (SSSR count). The molecule has 0 saturated heterocycles. The van der Waals surface area contributed by atoms with Gasteiger partial charge in [-0.25, -0.2) is 8.42 Å². The number of carbonyl (C=O) groups excluding carboxylic acids is 1. The number of hydrogen-bond donors (Lipinski definition) is 1. The molecule has 1 aromatic rings. The Hall–Kier alpha value is -2.02. The summed E-state index contributed by atoms with van der Waals surface area (Å²) < 4.78 is 34.0. The lowest BCUT2D eigenvalue weighted by Gasteiger charge is -2.12. The first-order valence-corrected chi connectivity index (χ1v) is 8.14. The van der Waals surface area contributed by atoms with Crippen molar-refractivity contribution < 1.29 is 22.7 Å². The van der Waals surface area contributed by atoms with Crippen LogP contribution in [0.2, 0.25) is 0 Å². The van der Waals surface area contributed by atoms with Crippen LogP contribution in [0.5, 0.6) is 11.5 Å². The van der Waals surface area contributed by atoms with Gasteiger partial charge in [-0.1, -0.05) is 12.1 Å². The molecule has 0 radical (unpaired) electrons. The normalized spacial score (nSPS) is 14.5. The van der Waals surface area contributed by atoms with E-state index in [1.807, 2.05) is 0 Å². The Kier molecular flexibility index (Phi) is 4.52. The lowest BCUT2D eigenvalue weighted by Crippen LogP contribution is -2.38. The van der Waals surface area contributed by atoms with Crippen LogP contribution in [0.15, 0.2) is 30.9 Å². The first kappa shape index (κ1) is 15.4. The largest absolute Gasteiger partial charge is 0.454 e. The average Bonchev–Trinajstić information content (AvgIpc) is 2.91. The molecule has 1 heterocycles. The Balaban J connectivity index is 1.96. The molecule has 1 amide bonds. The summed E-state index contributed by atoms with van der Waals surface area (Å²) in [5, 5.41) is 1.50. The number of hydrogen-bond acceptors (Lipinski definition) is 5. The molecule has 0 aliphatic carbocycles. The Bertz CT molecular complexity index is 653. The maximum Gasteiger partial charge on any atom is 0.238 e. The molecule has 1 atom stereocenters. The minimum Gasteiger partial charge on any atom is -0.454 e. The zero-order valence-electron chi connectivity index (χ0n) is 11.7. The van der Waals surface area contributed by atoms with Crippen LogP contribution in [0, 0.1) is 0 Å². The predicted octanol–water partition coefficient (Wildman–Crippen LogP) is 1.02. The van der Waals surface area contributed by atoms with Crippen LogP contribution in [0.3, 0.4) is 0 Å². The number of fused-ring (bicyclic) bond motifs is 1. The molecule has 7 heteroatoms. The van der Waals surface area contributed by atoms with E-state index < -0.39 is 21.0 Å². The predicted molar refractivity (Wildman–Crippen MR) is 77.9 cm³/mol. The zero-order valence-corrected chi connectivity index (χ0v) is 12.5. The number of nitrogens with one attached hydrogen (secondary N) is 1. The van der Waals surface area contributed by atoms with E-state index in [9.17, 15) is 13.2 Å². The van der Waals surface area contributed by atoms with Crippen LogP contribution in [-0.4, -0.2) is 32.1 Å². The Morgan fingerprint density at radius 3 is 2.86 bits per heavy atom. The quantitative estimate of drug-likeness (QED) is 0.793. The van der Waals surface area contributed by atoms with Crippen molar-refractivity contribution in [1.29, 1.82) is 0 Å². The van der Waals surface area contributed by atoms with E-state index in [4.69, 9.17) is 9.47 Å². The van der Waals surface area contributed by atoms with Crippen LogP contribution in [0.25, 0.3) is 0 Å². The fraction of sp³-hybridized carbons (Fsp3) is 0.357. The molecule has 21 heavy (non-hydrogen) atoms. The van der Waals surface area contributed by atoms with Gasteiger partial charge in [0.25, 0.3) is 0 Å². The van der Waals surface area contributed by atoms with Crippen molar-refractivity contribution in [3.05, 3.63) is 36.4 Å². The third-order valence-electron chi connectivity index (χ3n) is 3.16. The van der Waals surface area contributed by atoms with Gasteiger partial charge >= 0.3 is 0 Å². The number of carbonyl (C=O) groups is 1. The van der Waals surface area contributed by atoms with Crippen LogP contribution < -0.4 is 14.8 Å². The molecule has 1 N–H and O–H groups in total. The van der Waals surface area contributed by atoms with Gasteiger partial charge < -0.3 is 14.8 Å². The van der Waals surface area contributed by atoms with E-state index in [1.54, 1.807) is 18.2 Å². The molecule has 0 bridgehead atoms. The van der Waals surface area contributed by atoms with Crippen molar-refractivity contribution in [2.45, 2.75) is 18.7 Å². The Labute approximate surface area is 123 Å². The number of sulfone groups is 1. The fourth-order valence-corrected chi connectivity index (χ4v) is 2.88. The third-order valence-corrected chi connectivity index (χ3v) is 5.15. The summed E-state index contributed by atoms with van der Waals surface area (Å²) in [7, 11) is -3.50. The summed E-state index contributed by atoms with van der Waals surface area (Å²) in [5.74, 6) is 0.529. The molecular formula is C14H17NO5S. The van der Waals surface area contributed by atoms with Crippen LogP contribution in [-0.2, 0) is 21.2 Å². The Morgan fingerprint density at radius 2 is 2.14 bits per heavy atom. The van der Waals surface area contributed by atoms with Gasteiger partial charge in [-0.3, -0.25) is 4.79 Å². The molecule has 0 aromatic heterocycles. The second-order valence-electron chi connectivity index (χ2n) is 4.67. The molecule has 1 aliphatic rings. The molecule has 0 spiro atoms. The van der Waals surface area contributed by atoms with Gasteiger partial charge in [0.2, 0.25) is 12.7 Å². The zero-order chi connectivity index (χ0) is 15.5. The van der Waals surface area contributed by atoms with Crippen molar-refractivity contribution in [2.75, 3.05) is 12.5 Å². The number of rotatable bonds is 6. The lowest BCUT2D eigenvalue weighted by molar-refractivity contribution is -0.120. The van der Waals surface area contributed by atoms with Gasteiger partial charge in [-0.2, -0.15) is 0 Å². The van der Waals surface area contributed by atoms with Crippen molar-refractivity contribution >= 4 is 15.7 Å². The fourth-order valence-electron chi connectivity index (χ4n) is 1.86. The van der Waals surface area contributed by atoms with Gasteiger partial charge in [-0.05, 0) is 24.6 Å². The van der Waals surface area contributed by atoms with E-state index in [1.165, 1.54) is 13.0 Å². The van der Waals surface area contributed by atoms with E-state index in [-0.39, 0.29) is 19.1 Å². The first-order valence-electron chi connectivity index (χ1n) is 6.43. The maximum absolute atomic E-state index is 11.9. The first-order chi connectivity index (χ1) is 9.94. The van der Waals surface area contributed by atoms with Crippen molar-refractivity contribution in [3.8, 4) is 11.5 Å². The van der Waals surface area contributed by atoms with Gasteiger partial charge in [0.05, 0.1) is 5.75 Å². The molecule has 1 aromatic carbocycles. The average molecular weight is 311 g/mol. The van der Waals surface area contributed by atoms with Gasteiger partial charge in [0.15, 0.2) is 21.3 Å². The summed E-state index contributed by atoms with van der Waals surface area (Å²) in [6.45, 7) is 5.15. The summed E-state index contributed by atoms with van der Waals surface area (Å²) in [4.78, 5) is 11.9. The molecule has 6 nitrogen and oxygen atoms in total. The standard InChI is InChI=1S/C14H17NO5S/c1-3-6-21(17,18)10(2)14(16)15-8-11-4-5-12-13(7-11)20-9-19-12/h3-5,7,10H,1,6,8-9H2,2H3,(H,15,16). The molecule has 114 valence electrons. The van der Waals surface area contributed by atoms with Gasteiger partial charge in [-0.15, -0.1) is 6.58 Å². The summed E-state index contributed by atoms with van der Waals surface area (Å²) >= 11 is 0. The van der Waals surface area contributed by atoms with Crippen LogP contribution in [0.1, 0.15) is 12.5 Å². The van der Waals surface area contributed by atoms with E-state index in [0.29, 0.717) is 11.5 Å². The monoisotopic (exact) mass is 311 g/mol. The molecule has 0 fully saturated rings. The lowest BCUT2D eigenvalue weighted by atomic mass is 10.2. The highest BCUT2D eigenvalue weighted by atomic mass is 32.2. The van der Waals surface area contributed by atoms with Gasteiger partial charge in [0, 0.05) is 6.54 Å². The molecule has 1 aliphatic heterocycles. The van der Waals surface area contributed by atoms with Gasteiger partial charge in [0.1, 0.15) is 5.25 Å². The van der Waals surface area contributed by atoms with E-state index in [0.717, 1.165) is 5.56 Å². The third kappa shape index (κ3) is 3.55. The molecular weight excluding hydrogens is 294 g/mol. The number of benzene rings is 1. The van der Waals surface area contributed by atoms with Crippen LogP contribution in [0.4, 0.5) is 0 Å². The van der Waals surface area contributed by atoms with Crippen LogP contribution >= 0.6 is 0 Å². The number of ether oxygens (including phenoxy) is 2. The summed E-state index contributed by atoms with van der Waals surface area (Å²) in [6.07, 6.45) is 1.27. The second-order valence-corrected chi connectivity index (χ2v) is 7.03. The number of amides is 1. The highest BCUT2D eigenvalue weighted by Gasteiger charge is 2.26. The second kappa shape index (κ2) is 6.17. The van der Waals surface area contributed by atoms with Crippen molar-refractivity contribution in [2.24, 2.45) is 0 Å². The van der Waals surface area contributed by atoms with Crippen molar-refractivity contribution in [3.63, 3.8) is 0 Å². The topological polar surface area (TPSA) is 81.7 Å². The highest BCUT2D eigenvalue weighted by Crippen LogP contribution is 2.32. The minimum atomic E-state index is -3.50.